The van der Waals surface area contributed by atoms with Crippen LogP contribution in [0.15, 0.2) is 54.6 Å². The van der Waals surface area contributed by atoms with Gasteiger partial charge in [-0.3, -0.25) is 0 Å². The summed E-state index contributed by atoms with van der Waals surface area (Å²) in [7, 11) is 0. The third kappa shape index (κ3) is 3.26. The van der Waals surface area contributed by atoms with Crippen molar-refractivity contribution < 1.29 is 5.11 Å². The fourth-order valence-electron chi connectivity index (χ4n) is 2.54. The Bertz CT molecular complexity index is 766. The van der Waals surface area contributed by atoms with Crippen molar-refractivity contribution in [2.45, 2.75) is 20.0 Å². The van der Waals surface area contributed by atoms with Gasteiger partial charge in [-0.05, 0) is 42.2 Å². The number of nitrogens with one attached hydrogen (secondary N) is 1. The first kappa shape index (κ1) is 14.5. The molecule has 0 spiro atoms. The Morgan fingerprint density at radius 3 is 2.50 bits per heavy atom. The van der Waals surface area contributed by atoms with Crippen molar-refractivity contribution in [3.63, 3.8) is 0 Å². The van der Waals surface area contributed by atoms with Crippen molar-refractivity contribution in [3.8, 4) is 0 Å². The van der Waals surface area contributed by atoms with Crippen LogP contribution in [0.25, 0.3) is 10.9 Å². The van der Waals surface area contributed by atoms with Crippen molar-refractivity contribution in [2.75, 3.05) is 11.9 Å². The summed E-state index contributed by atoms with van der Waals surface area (Å²) in [6.07, 6.45) is 0.930. The lowest BCUT2D eigenvalue weighted by atomic mass is 10.1. The number of nitrogens with zero attached hydrogens (tertiary/aromatic N) is 1. The normalized spacial score (nSPS) is 10.8. The summed E-state index contributed by atoms with van der Waals surface area (Å²) in [5.41, 5.74) is 4.38. The summed E-state index contributed by atoms with van der Waals surface area (Å²) in [6, 6.07) is 18.4. The molecule has 0 atom stereocenters. The maximum absolute atomic E-state index is 9.05. The van der Waals surface area contributed by atoms with E-state index in [9.17, 15) is 0 Å². The van der Waals surface area contributed by atoms with Crippen LogP contribution >= 0.6 is 0 Å². The zero-order valence-corrected chi connectivity index (χ0v) is 12.7. The summed E-state index contributed by atoms with van der Waals surface area (Å²) in [5.74, 6) is 0.950. The molecule has 3 aromatic rings. The van der Waals surface area contributed by atoms with Crippen LogP contribution in [-0.4, -0.2) is 16.6 Å². The van der Waals surface area contributed by atoms with Crippen LogP contribution in [0.4, 0.5) is 5.82 Å². The SMILES string of the molecule is Cc1cc2ccccc2nc1NCCc1ccc(CO)cc1. The number of hydrogen-bond donors (Lipinski definition) is 2. The maximum Gasteiger partial charge on any atom is 0.129 e. The van der Waals surface area contributed by atoms with Gasteiger partial charge in [-0.25, -0.2) is 4.98 Å². The molecular weight excluding hydrogens is 272 g/mol. The molecule has 0 saturated carbocycles. The molecule has 0 fully saturated rings. The molecule has 3 rings (SSSR count). The predicted octanol–water partition coefficient (Wildman–Crippen LogP) is 3.69. The topological polar surface area (TPSA) is 45.2 Å². The number of fused-ring (bicyclic) bond motifs is 1. The van der Waals surface area contributed by atoms with Gasteiger partial charge in [-0.2, -0.15) is 0 Å². The lowest BCUT2D eigenvalue weighted by Gasteiger charge is -2.10. The predicted molar refractivity (Wildman–Crippen MR) is 91.0 cm³/mol. The number of rotatable bonds is 5. The van der Waals surface area contributed by atoms with Crippen molar-refractivity contribution in [2.24, 2.45) is 0 Å². The third-order valence-electron chi connectivity index (χ3n) is 3.83. The lowest BCUT2D eigenvalue weighted by Crippen LogP contribution is -2.07. The average molecular weight is 292 g/mol. The number of aliphatic hydroxyl groups is 1. The van der Waals surface area contributed by atoms with Crippen LogP contribution in [-0.2, 0) is 13.0 Å². The van der Waals surface area contributed by atoms with Crippen molar-refractivity contribution in [1.82, 2.24) is 4.98 Å². The number of aliphatic hydroxyl groups excluding tert-OH is 1. The number of para-hydroxylation sites is 1. The standard InChI is InChI=1S/C19H20N2O/c1-14-12-17-4-2-3-5-18(17)21-19(14)20-11-10-15-6-8-16(13-22)9-7-15/h2-9,12,22H,10-11,13H2,1H3,(H,20,21). The van der Waals surface area contributed by atoms with Crippen molar-refractivity contribution in [1.29, 1.82) is 0 Å². The van der Waals surface area contributed by atoms with E-state index in [1.54, 1.807) is 0 Å². The van der Waals surface area contributed by atoms with Gasteiger partial charge in [0, 0.05) is 11.9 Å². The highest BCUT2D eigenvalue weighted by Crippen LogP contribution is 2.19. The molecule has 1 aromatic heterocycles. The zero-order valence-electron chi connectivity index (χ0n) is 12.7. The van der Waals surface area contributed by atoms with Gasteiger partial charge in [0.1, 0.15) is 5.82 Å². The van der Waals surface area contributed by atoms with Crippen LogP contribution in [0.3, 0.4) is 0 Å². The summed E-state index contributed by atoms with van der Waals surface area (Å²) >= 11 is 0. The molecule has 0 amide bonds. The monoisotopic (exact) mass is 292 g/mol. The molecule has 0 radical (unpaired) electrons. The molecule has 0 aliphatic rings. The molecule has 3 heteroatoms. The Morgan fingerprint density at radius 1 is 1.00 bits per heavy atom. The summed E-state index contributed by atoms with van der Waals surface area (Å²) < 4.78 is 0. The molecule has 0 aliphatic carbocycles. The van der Waals surface area contributed by atoms with E-state index in [2.05, 4.69) is 41.5 Å². The van der Waals surface area contributed by atoms with Crippen molar-refractivity contribution >= 4 is 16.7 Å². The smallest absolute Gasteiger partial charge is 0.129 e. The fourth-order valence-corrected chi connectivity index (χ4v) is 2.54. The van der Waals surface area contributed by atoms with Gasteiger partial charge in [0.05, 0.1) is 12.1 Å². The number of pyridine rings is 1. The summed E-state index contributed by atoms with van der Waals surface area (Å²) in [4.78, 5) is 4.69. The van der Waals surface area contributed by atoms with Gasteiger partial charge in [0.15, 0.2) is 0 Å². The number of anilines is 1. The van der Waals surface area contributed by atoms with E-state index >= 15 is 0 Å². The van der Waals surface area contributed by atoms with E-state index in [1.165, 1.54) is 10.9 Å². The highest BCUT2D eigenvalue weighted by atomic mass is 16.3. The molecule has 0 aliphatic heterocycles. The molecule has 0 bridgehead atoms. The van der Waals surface area contributed by atoms with Gasteiger partial charge < -0.3 is 10.4 Å². The minimum Gasteiger partial charge on any atom is -0.392 e. The van der Waals surface area contributed by atoms with Crippen LogP contribution in [0.1, 0.15) is 16.7 Å². The third-order valence-corrected chi connectivity index (χ3v) is 3.83. The Balaban J connectivity index is 1.66. The van der Waals surface area contributed by atoms with Crippen molar-refractivity contribution in [3.05, 3.63) is 71.3 Å². The number of aryl methyl sites for hydroxylation is 1. The number of aromatic nitrogens is 1. The Labute approximate surface area is 130 Å². The van der Waals surface area contributed by atoms with E-state index in [0.717, 1.165) is 35.4 Å². The van der Waals surface area contributed by atoms with Gasteiger partial charge in [-0.15, -0.1) is 0 Å². The molecule has 112 valence electrons. The fraction of sp³-hybridized carbons (Fsp3) is 0.211. The first-order chi connectivity index (χ1) is 10.8. The summed E-state index contributed by atoms with van der Waals surface area (Å²) in [5, 5.41) is 13.6. The molecule has 1 heterocycles. The molecule has 3 nitrogen and oxygen atoms in total. The van der Waals surface area contributed by atoms with Crippen LogP contribution in [0.5, 0.6) is 0 Å². The highest BCUT2D eigenvalue weighted by Gasteiger charge is 2.03. The minimum atomic E-state index is 0.0960. The second-order valence-corrected chi connectivity index (χ2v) is 5.50. The number of hydrogen-bond acceptors (Lipinski definition) is 3. The van der Waals surface area contributed by atoms with E-state index in [1.807, 2.05) is 30.3 Å². The molecule has 22 heavy (non-hydrogen) atoms. The van der Waals surface area contributed by atoms with Crippen LogP contribution in [0.2, 0.25) is 0 Å². The molecular formula is C19H20N2O. The van der Waals surface area contributed by atoms with Crippen LogP contribution < -0.4 is 5.32 Å². The maximum atomic E-state index is 9.05. The van der Waals surface area contributed by atoms with Gasteiger partial charge in [0.25, 0.3) is 0 Å². The van der Waals surface area contributed by atoms with Gasteiger partial charge >= 0.3 is 0 Å². The second kappa shape index (κ2) is 6.58. The largest absolute Gasteiger partial charge is 0.392 e. The van der Waals surface area contributed by atoms with E-state index in [0.29, 0.717) is 0 Å². The molecule has 2 N–H and O–H groups in total. The quantitative estimate of drug-likeness (QED) is 0.754. The Hall–Kier alpha value is -2.39. The molecule has 2 aromatic carbocycles. The van der Waals surface area contributed by atoms with E-state index < -0.39 is 0 Å². The van der Waals surface area contributed by atoms with Crippen LogP contribution in [0, 0.1) is 6.92 Å². The highest BCUT2D eigenvalue weighted by molar-refractivity contribution is 5.81. The Morgan fingerprint density at radius 2 is 1.73 bits per heavy atom. The molecule has 0 saturated heterocycles. The van der Waals surface area contributed by atoms with Gasteiger partial charge in [-0.1, -0.05) is 42.5 Å². The van der Waals surface area contributed by atoms with Gasteiger partial charge in [0.2, 0.25) is 0 Å². The first-order valence-corrected chi connectivity index (χ1v) is 7.55. The minimum absolute atomic E-state index is 0.0960. The van der Waals surface area contributed by atoms with E-state index in [4.69, 9.17) is 5.11 Å². The summed E-state index contributed by atoms with van der Waals surface area (Å²) in [6.45, 7) is 3.02. The first-order valence-electron chi connectivity index (χ1n) is 7.55. The Kier molecular flexibility index (Phi) is 4.35. The second-order valence-electron chi connectivity index (χ2n) is 5.50. The zero-order chi connectivity index (χ0) is 15.4. The lowest BCUT2D eigenvalue weighted by molar-refractivity contribution is 0.282. The average Bonchev–Trinajstić information content (AvgIpc) is 2.56. The van der Waals surface area contributed by atoms with E-state index in [-0.39, 0.29) is 6.61 Å². The number of benzene rings is 2. The molecule has 0 unspecified atom stereocenters.